The van der Waals surface area contributed by atoms with Crippen molar-refractivity contribution >= 4 is 58.0 Å². The van der Waals surface area contributed by atoms with Crippen LogP contribution in [0.2, 0.25) is 0 Å². The summed E-state index contributed by atoms with van der Waals surface area (Å²) in [6, 6.07) is 31.2. The van der Waals surface area contributed by atoms with E-state index in [0.717, 1.165) is 55.9 Å². The van der Waals surface area contributed by atoms with Crippen LogP contribution in [0.3, 0.4) is 0 Å². The molecule has 3 fully saturated rings. The fourth-order valence-corrected chi connectivity index (χ4v) is 12.9. The van der Waals surface area contributed by atoms with E-state index in [2.05, 4.69) is 92.3 Å². The number of amides is 4. The summed E-state index contributed by atoms with van der Waals surface area (Å²) in [6.45, 7) is 1.67. The molecule has 16 heteroatoms. The van der Waals surface area contributed by atoms with E-state index < -0.39 is 59.2 Å². The van der Waals surface area contributed by atoms with Gasteiger partial charge in [-0.2, -0.15) is 0 Å². The number of ether oxygens (including phenoxy) is 4. The molecule has 330 valence electrons. The quantitative estimate of drug-likeness (QED) is 0.153. The number of aromatic nitrogens is 1. The third-order valence-corrected chi connectivity index (χ3v) is 15.2. The average Bonchev–Trinajstić information content (AvgIpc) is 4.19. The van der Waals surface area contributed by atoms with Crippen molar-refractivity contribution in [3.63, 3.8) is 0 Å². The lowest BCUT2D eigenvalue weighted by atomic mass is 9.55. The van der Waals surface area contributed by atoms with Crippen molar-refractivity contribution in [1.82, 2.24) is 24.6 Å². The highest BCUT2D eigenvalue weighted by atomic mass is 16.6. The number of carbonyl (C=O) groups is 4. The molecule has 11 rings (SSSR count). The minimum Gasteiger partial charge on any atom is -0.453 e. The first-order valence-corrected chi connectivity index (χ1v) is 21.8. The maximum atomic E-state index is 14.3. The van der Waals surface area contributed by atoms with E-state index in [1.807, 2.05) is 35.2 Å². The van der Waals surface area contributed by atoms with Gasteiger partial charge in [0.25, 0.3) is 0 Å². The van der Waals surface area contributed by atoms with Gasteiger partial charge in [0.1, 0.15) is 24.0 Å². The van der Waals surface area contributed by atoms with E-state index >= 15 is 0 Å². The van der Waals surface area contributed by atoms with Crippen LogP contribution in [0, 0.1) is 0 Å². The third kappa shape index (κ3) is 4.98. The minimum absolute atomic E-state index is 0.373. The monoisotopic (exact) mass is 866 g/mol. The highest BCUT2D eigenvalue weighted by Gasteiger charge is 2.75. The van der Waals surface area contributed by atoms with E-state index in [1.54, 1.807) is 9.80 Å². The zero-order chi connectivity index (χ0) is 44.1. The van der Waals surface area contributed by atoms with Gasteiger partial charge in [0.2, 0.25) is 0 Å². The van der Waals surface area contributed by atoms with Crippen molar-refractivity contribution in [3.8, 4) is 0 Å². The van der Waals surface area contributed by atoms with E-state index in [9.17, 15) is 19.2 Å². The molecule has 1 aromatic heterocycles. The van der Waals surface area contributed by atoms with Crippen LogP contribution < -0.4 is 20.9 Å². The van der Waals surface area contributed by atoms with Crippen molar-refractivity contribution < 1.29 is 38.1 Å². The Bertz CT molecular complexity index is 2760. The molecule has 0 saturated carbocycles. The summed E-state index contributed by atoms with van der Waals surface area (Å²) in [5, 5.41) is 11.5. The maximum Gasteiger partial charge on any atom is 0.411 e. The first-order valence-electron chi connectivity index (χ1n) is 21.8. The van der Waals surface area contributed by atoms with Crippen LogP contribution in [0.15, 0.2) is 97.2 Å². The fraction of sp³-hybridized carbons (Fsp3) is 0.375. The number of methoxy groups -OCH3 is 4. The molecule has 16 nitrogen and oxygen atoms in total. The molecule has 6 atom stereocenters. The van der Waals surface area contributed by atoms with Crippen LogP contribution in [0.25, 0.3) is 10.9 Å². The molecular formula is C48H50N8O8. The summed E-state index contributed by atoms with van der Waals surface area (Å²) >= 11 is 0. The van der Waals surface area contributed by atoms with Crippen LogP contribution in [0.4, 0.5) is 41.9 Å². The molecule has 6 aliphatic rings. The lowest BCUT2D eigenvalue weighted by Gasteiger charge is -2.49. The molecule has 3 saturated heterocycles. The van der Waals surface area contributed by atoms with E-state index in [-0.39, 0.29) is 0 Å². The zero-order valence-electron chi connectivity index (χ0n) is 36.1. The van der Waals surface area contributed by atoms with E-state index in [4.69, 9.17) is 18.9 Å². The second-order valence-electron chi connectivity index (χ2n) is 17.4. The van der Waals surface area contributed by atoms with Gasteiger partial charge in [0.15, 0.2) is 0 Å². The number of nitrogens with zero attached hydrogens (tertiary/aromatic N) is 5. The number of hydrogen-bond donors (Lipinski definition) is 3. The lowest BCUT2D eigenvalue weighted by Crippen LogP contribution is -2.62. The summed E-state index contributed by atoms with van der Waals surface area (Å²) in [7, 11) is 5.59. The number of benzene rings is 4. The summed E-state index contributed by atoms with van der Waals surface area (Å²) in [6.07, 6.45) is 1.06. The van der Waals surface area contributed by atoms with Crippen LogP contribution in [-0.2, 0) is 41.7 Å². The smallest absolute Gasteiger partial charge is 0.411 e. The molecule has 0 unspecified atom stereocenters. The van der Waals surface area contributed by atoms with Crippen molar-refractivity contribution in [1.29, 1.82) is 0 Å². The second-order valence-corrected chi connectivity index (χ2v) is 17.4. The molecule has 64 heavy (non-hydrogen) atoms. The number of alkyl carbamates (subject to hydrolysis) is 1. The highest BCUT2D eigenvalue weighted by Crippen LogP contribution is 2.70. The molecule has 4 amide bonds. The van der Waals surface area contributed by atoms with Crippen LogP contribution in [-0.4, -0.2) is 117 Å². The molecule has 4 aromatic carbocycles. The highest BCUT2D eigenvalue weighted by molar-refractivity contribution is 5.91. The Kier molecular flexibility index (Phi) is 8.98. The molecule has 0 radical (unpaired) electrons. The number of nitrogens with one attached hydrogen (secondary N) is 3. The van der Waals surface area contributed by atoms with Gasteiger partial charge in [-0.1, -0.05) is 66.7 Å². The summed E-state index contributed by atoms with van der Waals surface area (Å²) in [5.74, 6) is 0. The number of rotatable bonds is 6. The van der Waals surface area contributed by atoms with Crippen molar-refractivity contribution in [2.75, 3.05) is 70.2 Å². The van der Waals surface area contributed by atoms with E-state index in [0.29, 0.717) is 51.9 Å². The molecule has 6 aliphatic heterocycles. The van der Waals surface area contributed by atoms with Crippen LogP contribution in [0.1, 0.15) is 41.5 Å². The van der Waals surface area contributed by atoms with Gasteiger partial charge in [0.05, 0.1) is 50.6 Å². The number of anilines is 4. The summed E-state index contributed by atoms with van der Waals surface area (Å²) < 4.78 is 23.6. The van der Waals surface area contributed by atoms with Gasteiger partial charge in [-0.15, -0.1) is 0 Å². The topological polar surface area (TPSA) is 159 Å². The Morgan fingerprint density at radius 3 is 2.05 bits per heavy atom. The Balaban J connectivity index is 1.13. The number of para-hydroxylation sites is 4. The van der Waals surface area contributed by atoms with Gasteiger partial charge in [-0.3, -0.25) is 14.7 Å². The van der Waals surface area contributed by atoms with Crippen LogP contribution in [0.5, 0.6) is 0 Å². The van der Waals surface area contributed by atoms with E-state index in [1.165, 1.54) is 28.4 Å². The van der Waals surface area contributed by atoms with Gasteiger partial charge < -0.3 is 44.4 Å². The molecule has 0 bridgehead atoms. The number of carbonyl (C=O) groups excluding carboxylic acids is 4. The standard InChI is InChI=1S/C48H50N8O8/c1-61-42(57)49-24-20-29-28-55(35-17-9-5-12-30(29)35)48-23-27-53(44(59)63-3)40(48)51-38-33(48)15-11-19-37(38)56-36-18-10-7-14-32(36)47(22-26-54(41(47)56)45(60)64-4)46-21-25-52(43(58)62-2)39(46)50-34-16-8-6-13-31(34)46/h5-19,28,39-41,50-51H,20-27H2,1-4H3,(H,49,57)/t39-,40-,41+,46+,47+,48+/m1/s1. The zero-order valence-corrected chi connectivity index (χ0v) is 36.1. The summed E-state index contributed by atoms with van der Waals surface area (Å²) in [4.78, 5) is 61.5. The number of hydrogen-bond acceptors (Lipinski definition) is 11. The predicted octanol–water partition coefficient (Wildman–Crippen LogP) is 6.86. The number of fused-ring (bicyclic) bond motifs is 11. The van der Waals surface area contributed by atoms with Crippen molar-refractivity contribution in [2.24, 2.45) is 0 Å². The molecule has 5 aromatic rings. The van der Waals surface area contributed by atoms with Crippen LogP contribution >= 0.6 is 0 Å². The minimum atomic E-state index is -0.800. The first-order chi connectivity index (χ1) is 31.2. The molecule has 3 N–H and O–H groups in total. The predicted molar refractivity (Wildman–Crippen MR) is 238 cm³/mol. The normalized spacial score (nSPS) is 26.6. The Hall–Kier alpha value is -7.10. The molecule has 0 spiro atoms. The second kappa shape index (κ2) is 14.5. The molecule has 7 heterocycles. The number of likely N-dealkylation sites (tertiary alicyclic amines) is 3. The lowest BCUT2D eigenvalue weighted by molar-refractivity contribution is 0.0866. The van der Waals surface area contributed by atoms with Gasteiger partial charge >= 0.3 is 24.4 Å². The van der Waals surface area contributed by atoms with Crippen molar-refractivity contribution in [2.45, 2.75) is 60.5 Å². The Morgan fingerprint density at radius 1 is 0.641 bits per heavy atom. The summed E-state index contributed by atoms with van der Waals surface area (Å²) in [5.41, 5.74) is 6.46. The fourth-order valence-electron chi connectivity index (χ4n) is 12.9. The largest absolute Gasteiger partial charge is 0.453 e. The van der Waals surface area contributed by atoms with Gasteiger partial charge in [0, 0.05) is 60.2 Å². The molecule has 0 aliphatic carbocycles. The third-order valence-electron chi connectivity index (χ3n) is 15.2. The Labute approximate surface area is 369 Å². The Morgan fingerprint density at radius 2 is 1.27 bits per heavy atom. The average molecular weight is 867 g/mol. The van der Waals surface area contributed by atoms with Gasteiger partial charge in [-0.25, -0.2) is 19.2 Å². The van der Waals surface area contributed by atoms with Crippen molar-refractivity contribution in [3.05, 3.63) is 119 Å². The van der Waals surface area contributed by atoms with Gasteiger partial charge in [-0.05, 0) is 66.6 Å². The maximum absolute atomic E-state index is 14.3. The SMILES string of the molecule is COC(=O)NCCc1cn([C@]23CCN(C(=O)OC)[C@H]2Nc2c(N4c5ccccc5[C@@]5([C@]67CCN(C(=O)OC)[C@H]6Nc6ccccc67)CCN(C(=O)OC)[C@@H]45)cccc23)c2ccccc12. The first kappa shape index (κ1) is 39.7. The molecular weight excluding hydrogens is 817 g/mol.